The first kappa shape index (κ1) is 13.5. The fourth-order valence-electron chi connectivity index (χ4n) is 1.53. The van der Waals surface area contributed by atoms with Gasteiger partial charge in [-0.25, -0.2) is 9.97 Å². The van der Waals surface area contributed by atoms with Crippen molar-refractivity contribution in [1.29, 1.82) is 0 Å². The summed E-state index contributed by atoms with van der Waals surface area (Å²) in [6.07, 6.45) is 1.95. The zero-order chi connectivity index (χ0) is 13.7. The third kappa shape index (κ3) is 3.51. The third-order valence-electron chi connectivity index (χ3n) is 2.51. The van der Waals surface area contributed by atoms with Crippen LogP contribution in [0.2, 0.25) is 0 Å². The lowest BCUT2D eigenvalue weighted by Crippen LogP contribution is -2.00. The van der Waals surface area contributed by atoms with Gasteiger partial charge in [0.2, 0.25) is 0 Å². The molecule has 0 aliphatic rings. The molecule has 0 bridgehead atoms. The van der Waals surface area contributed by atoms with Crippen LogP contribution in [0.25, 0.3) is 0 Å². The number of anilines is 3. The number of hydrogen-bond acceptors (Lipinski definition) is 6. The topological polar surface area (TPSA) is 59.1 Å². The number of methoxy groups -OCH3 is 1. The second-order valence-corrected chi connectivity index (χ2v) is 4.50. The van der Waals surface area contributed by atoms with Crippen molar-refractivity contribution in [3.63, 3.8) is 0 Å². The molecular formula is C13H16N4OS. The van der Waals surface area contributed by atoms with E-state index in [0.717, 1.165) is 28.2 Å². The summed E-state index contributed by atoms with van der Waals surface area (Å²) in [5, 5.41) is 6.99. The van der Waals surface area contributed by atoms with Gasteiger partial charge in [-0.2, -0.15) is 0 Å². The molecule has 1 aromatic heterocycles. The second kappa shape index (κ2) is 6.29. The maximum Gasteiger partial charge on any atom is 0.191 e. The summed E-state index contributed by atoms with van der Waals surface area (Å²) in [5.41, 5.74) is 0.952. The Bertz CT molecular complexity index is 523. The van der Waals surface area contributed by atoms with Crippen LogP contribution in [0.1, 0.15) is 0 Å². The van der Waals surface area contributed by atoms with Gasteiger partial charge in [0.1, 0.15) is 17.4 Å². The molecule has 0 aliphatic carbocycles. The molecule has 0 atom stereocenters. The van der Waals surface area contributed by atoms with E-state index in [4.69, 9.17) is 4.74 Å². The van der Waals surface area contributed by atoms with Crippen molar-refractivity contribution in [2.24, 2.45) is 0 Å². The van der Waals surface area contributed by atoms with Gasteiger partial charge in [0, 0.05) is 18.8 Å². The van der Waals surface area contributed by atoms with E-state index in [2.05, 4.69) is 20.6 Å². The van der Waals surface area contributed by atoms with Gasteiger partial charge in [-0.15, -0.1) is 0 Å². The average Bonchev–Trinajstić information content (AvgIpc) is 2.47. The number of nitrogens with one attached hydrogen (secondary N) is 2. The van der Waals surface area contributed by atoms with Gasteiger partial charge in [0.15, 0.2) is 5.16 Å². The molecule has 1 heterocycles. The number of ether oxygens (including phenoxy) is 1. The summed E-state index contributed by atoms with van der Waals surface area (Å²) in [7, 11) is 3.49. The van der Waals surface area contributed by atoms with E-state index in [1.54, 1.807) is 7.11 Å². The Labute approximate surface area is 116 Å². The van der Waals surface area contributed by atoms with Crippen molar-refractivity contribution in [2.45, 2.75) is 5.16 Å². The Hall–Kier alpha value is -1.95. The Morgan fingerprint density at radius 2 is 1.79 bits per heavy atom. The monoisotopic (exact) mass is 276 g/mol. The predicted molar refractivity (Wildman–Crippen MR) is 79.6 cm³/mol. The van der Waals surface area contributed by atoms with E-state index in [0.29, 0.717) is 0 Å². The first-order chi connectivity index (χ1) is 9.25. The standard InChI is InChI=1S/C13H16N4OS/c1-14-11-8-12(17-13(16-11)19-3)15-9-4-6-10(18-2)7-5-9/h4-8H,1-3H3,(H2,14,15,16,17). The molecule has 0 fully saturated rings. The van der Waals surface area contributed by atoms with Crippen LogP contribution in [-0.4, -0.2) is 30.4 Å². The van der Waals surface area contributed by atoms with Crippen LogP contribution in [0.3, 0.4) is 0 Å². The van der Waals surface area contributed by atoms with Gasteiger partial charge in [-0.1, -0.05) is 11.8 Å². The number of nitrogens with zero attached hydrogens (tertiary/aromatic N) is 2. The Kier molecular flexibility index (Phi) is 4.46. The van der Waals surface area contributed by atoms with Gasteiger partial charge in [-0.3, -0.25) is 0 Å². The zero-order valence-electron chi connectivity index (χ0n) is 11.1. The smallest absolute Gasteiger partial charge is 0.191 e. The number of benzene rings is 1. The van der Waals surface area contributed by atoms with E-state index < -0.39 is 0 Å². The minimum absolute atomic E-state index is 0.725. The van der Waals surface area contributed by atoms with Crippen LogP contribution in [0, 0.1) is 0 Å². The SMILES string of the molecule is CNc1cc(Nc2ccc(OC)cc2)nc(SC)n1. The number of rotatable bonds is 5. The van der Waals surface area contributed by atoms with E-state index >= 15 is 0 Å². The number of hydrogen-bond donors (Lipinski definition) is 2. The van der Waals surface area contributed by atoms with Crippen LogP contribution in [0.4, 0.5) is 17.3 Å². The van der Waals surface area contributed by atoms with Gasteiger partial charge in [-0.05, 0) is 30.5 Å². The molecule has 6 heteroatoms. The molecule has 100 valence electrons. The molecule has 1 aromatic carbocycles. The predicted octanol–water partition coefficient (Wildman–Crippen LogP) is 2.99. The lowest BCUT2D eigenvalue weighted by Gasteiger charge is -2.09. The van der Waals surface area contributed by atoms with Crippen LogP contribution in [0.15, 0.2) is 35.5 Å². The molecule has 5 nitrogen and oxygen atoms in total. The molecule has 0 unspecified atom stereocenters. The van der Waals surface area contributed by atoms with Crippen LogP contribution in [0.5, 0.6) is 5.75 Å². The van der Waals surface area contributed by atoms with Crippen LogP contribution in [-0.2, 0) is 0 Å². The molecule has 0 aliphatic heterocycles. The lowest BCUT2D eigenvalue weighted by molar-refractivity contribution is 0.415. The molecule has 0 radical (unpaired) electrons. The largest absolute Gasteiger partial charge is 0.497 e. The Morgan fingerprint density at radius 3 is 2.37 bits per heavy atom. The summed E-state index contributed by atoms with van der Waals surface area (Å²) in [4.78, 5) is 8.73. The Balaban J connectivity index is 2.21. The van der Waals surface area contributed by atoms with Crippen molar-refractivity contribution in [2.75, 3.05) is 31.0 Å². The highest BCUT2D eigenvalue weighted by Gasteiger charge is 2.03. The second-order valence-electron chi connectivity index (χ2n) is 3.73. The van der Waals surface area contributed by atoms with E-state index in [-0.39, 0.29) is 0 Å². The van der Waals surface area contributed by atoms with Crippen molar-refractivity contribution >= 4 is 29.1 Å². The number of thioether (sulfide) groups is 1. The highest BCUT2D eigenvalue weighted by Crippen LogP contribution is 2.22. The summed E-state index contributed by atoms with van der Waals surface area (Å²) >= 11 is 1.51. The molecule has 2 rings (SSSR count). The van der Waals surface area contributed by atoms with E-state index in [1.807, 2.05) is 43.6 Å². The van der Waals surface area contributed by atoms with Crippen molar-refractivity contribution < 1.29 is 4.74 Å². The molecule has 0 spiro atoms. The molecule has 2 aromatic rings. The maximum atomic E-state index is 5.13. The van der Waals surface area contributed by atoms with Crippen molar-refractivity contribution in [3.8, 4) is 5.75 Å². The molecule has 0 saturated heterocycles. The highest BCUT2D eigenvalue weighted by molar-refractivity contribution is 7.98. The fourth-order valence-corrected chi connectivity index (χ4v) is 1.91. The highest BCUT2D eigenvalue weighted by atomic mass is 32.2. The molecule has 0 saturated carbocycles. The lowest BCUT2D eigenvalue weighted by atomic mass is 10.3. The third-order valence-corrected chi connectivity index (χ3v) is 3.05. The van der Waals surface area contributed by atoms with Crippen molar-refractivity contribution in [3.05, 3.63) is 30.3 Å². The van der Waals surface area contributed by atoms with Gasteiger partial charge in [0.05, 0.1) is 7.11 Å². The first-order valence-corrected chi connectivity index (χ1v) is 6.99. The van der Waals surface area contributed by atoms with Gasteiger partial charge >= 0.3 is 0 Å². The van der Waals surface area contributed by atoms with Crippen LogP contribution < -0.4 is 15.4 Å². The summed E-state index contributed by atoms with van der Waals surface area (Å²) in [6.45, 7) is 0. The molecule has 0 amide bonds. The van der Waals surface area contributed by atoms with Crippen molar-refractivity contribution in [1.82, 2.24) is 9.97 Å². The van der Waals surface area contributed by atoms with E-state index in [9.17, 15) is 0 Å². The number of aromatic nitrogens is 2. The molecule has 2 N–H and O–H groups in total. The minimum atomic E-state index is 0.725. The molecular weight excluding hydrogens is 260 g/mol. The summed E-state index contributed by atoms with van der Waals surface area (Å²) < 4.78 is 5.13. The average molecular weight is 276 g/mol. The quantitative estimate of drug-likeness (QED) is 0.646. The zero-order valence-corrected chi connectivity index (χ0v) is 11.9. The summed E-state index contributed by atoms with van der Waals surface area (Å²) in [5.74, 6) is 2.37. The van der Waals surface area contributed by atoms with E-state index in [1.165, 1.54) is 11.8 Å². The first-order valence-electron chi connectivity index (χ1n) is 5.77. The van der Waals surface area contributed by atoms with Gasteiger partial charge < -0.3 is 15.4 Å². The fraction of sp³-hybridized carbons (Fsp3) is 0.231. The van der Waals surface area contributed by atoms with Gasteiger partial charge in [0.25, 0.3) is 0 Å². The normalized spacial score (nSPS) is 10.1. The van der Waals surface area contributed by atoms with Crippen LogP contribution >= 0.6 is 11.8 Å². The summed E-state index contributed by atoms with van der Waals surface area (Å²) in [6, 6.07) is 9.55. The molecule has 19 heavy (non-hydrogen) atoms. The minimum Gasteiger partial charge on any atom is -0.497 e. The maximum absolute atomic E-state index is 5.13. The Morgan fingerprint density at radius 1 is 1.11 bits per heavy atom.